The van der Waals surface area contributed by atoms with Crippen molar-refractivity contribution in [2.24, 2.45) is 0 Å². The summed E-state index contributed by atoms with van der Waals surface area (Å²) in [5, 5.41) is 10.6. The molecule has 5 aromatic rings. The summed E-state index contributed by atoms with van der Waals surface area (Å²) < 4.78 is 1.79. The zero-order chi connectivity index (χ0) is 28.8. The van der Waals surface area contributed by atoms with Crippen LogP contribution < -0.4 is 20.8 Å². The Kier molecular flexibility index (Phi) is 11.0. The number of hydrogen-bond acceptors (Lipinski definition) is 8. The third-order valence-corrected chi connectivity index (χ3v) is 7.08. The number of imidazole rings is 1. The lowest BCUT2D eigenvalue weighted by atomic mass is 10.1. The molecule has 0 spiro atoms. The Labute approximate surface area is 247 Å². The fraction of sp³-hybridized carbons (Fsp3) is 0.303. The van der Waals surface area contributed by atoms with E-state index in [-0.39, 0.29) is 0 Å². The van der Waals surface area contributed by atoms with Crippen LogP contribution in [-0.2, 0) is 32.7 Å². The average molecular weight is 565 g/mol. The second kappa shape index (κ2) is 15.7. The molecule has 3 N–H and O–H groups in total. The number of nitrogens with one attached hydrogen (secondary N) is 3. The van der Waals surface area contributed by atoms with Gasteiger partial charge in [-0.2, -0.15) is 4.73 Å². The molecular weight excluding hydrogens is 524 g/mol. The summed E-state index contributed by atoms with van der Waals surface area (Å²) in [4.78, 5) is 21.6. The smallest absolute Gasteiger partial charge is 0.159 e. The molecule has 218 valence electrons. The van der Waals surface area contributed by atoms with Gasteiger partial charge in [0, 0.05) is 64.8 Å². The second-order valence-electron chi connectivity index (χ2n) is 10.2. The van der Waals surface area contributed by atoms with Crippen LogP contribution in [0, 0.1) is 0 Å². The van der Waals surface area contributed by atoms with E-state index < -0.39 is 0 Å². The maximum Gasteiger partial charge on any atom is 0.159 e. The molecule has 5 rings (SSSR count). The monoisotopic (exact) mass is 564 g/mol. The Morgan fingerprint density at radius 3 is 1.90 bits per heavy atom. The molecule has 0 aliphatic carbocycles. The van der Waals surface area contributed by atoms with Crippen LogP contribution in [0.15, 0.2) is 97.3 Å². The van der Waals surface area contributed by atoms with Crippen molar-refractivity contribution in [2.75, 3.05) is 33.3 Å². The van der Waals surface area contributed by atoms with E-state index in [0.29, 0.717) is 6.54 Å². The highest BCUT2D eigenvalue weighted by Gasteiger charge is 2.11. The minimum atomic E-state index is 0.620. The SMILES string of the molecule is COn1c(CNCc2ccc(CN(CCNCc3ccccn3)CCNCc3ccccn3)cc2)nc2ccccc21. The van der Waals surface area contributed by atoms with Gasteiger partial charge in [0.1, 0.15) is 12.6 Å². The highest BCUT2D eigenvalue weighted by atomic mass is 16.6. The van der Waals surface area contributed by atoms with Crippen molar-refractivity contribution in [3.63, 3.8) is 0 Å². The summed E-state index contributed by atoms with van der Waals surface area (Å²) in [5.41, 5.74) is 6.57. The van der Waals surface area contributed by atoms with Gasteiger partial charge in [-0.3, -0.25) is 14.9 Å². The van der Waals surface area contributed by atoms with Gasteiger partial charge in [0.25, 0.3) is 0 Å². The summed E-state index contributed by atoms with van der Waals surface area (Å²) in [7, 11) is 1.67. The van der Waals surface area contributed by atoms with Crippen molar-refractivity contribution < 1.29 is 4.84 Å². The van der Waals surface area contributed by atoms with E-state index in [2.05, 4.69) is 67.2 Å². The van der Waals surface area contributed by atoms with E-state index in [1.807, 2.05) is 60.9 Å². The Morgan fingerprint density at radius 2 is 1.29 bits per heavy atom. The van der Waals surface area contributed by atoms with E-state index in [1.165, 1.54) is 11.1 Å². The minimum Gasteiger partial charge on any atom is -0.415 e. The molecule has 0 unspecified atom stereocenters. The summed E-state index contributed by atoms with van der Waals surface area (Å²) >= 11 is 0. The van der Waals surface area contributed by atoms with Crippen LogP contribution in [0.25, 0.3) is 11.0 Å². The Morgan fingerprint density at radius 1 is 0.667 bits per heavy atom. The van der Waals surface area contributed by atoms with Crippen molar-refractivity contribution >= 4 is 11.0 Å². The molecule has 0 aliphatic heterocycles. The predicted octanol–water partition coefficient (Wildman–Crippen LogP) is 3.56. The topological polar surface area (TPSA) is 92.2 Å². The molecule has 0 amide bonds. The lowest BCUT2D eigenvalue weighted by Crippen LogP contribution is -2.36. The summed E-state index contributed by atoms with van der Waals surface area (Å²) in [6.07, 6.45) is 3.68. The van der Waals surface area contributed by atoms with Gasteiger partial charge >= 0.3 is 0 Å². The fourth-order valence-electron chi connectivity index (χ4n) is 4.89. The zero-order valence-corrected chi connectivity index (χ0v) is 24.2. The predicted molar refractivity (Wildman–Crippen MR) is 166 cm³/mol. The van der Waals surface area contributed by atoms with E-state index in [4.69, 9.17) is 9.82 Å². The number of fused-ring (bicyclic) bond motifs is 1. The van der Waals surface area contributed by atoms with E-state index in [1.54, 1.807) is 11.8 Å². The molecule has 0 aliphatic rings. The molecule has 2 aromatic carbocycles. The lowest BCUT2D eigenvalue weighted by Gasteiger charge is -2.23. The highest BCUT2D eigenvalue weighted by molar-refractivity contribution is 5.75. The van der Waals surface area contributed by atoms with Gasteiger partial charge in [-0.1, -0.05) is 48.5 Å². The molecule has 0 saturated carbocycles. The van der Waals surface area contributed by atoms with E-state index in [0.717, 1.165) is 80.6 Å². The van der Waals surface area contributed by atoms with Gasteiger partial charge in [0.05, 0.1) is 23.4 Å². The molecule has 0 saturated heterocycles. The van der Waals surface area contributed by atoms with Crippen LogP contribution in [0.3, 0.4) is 0 Å². The fourth-order valence-corrected chi connectivity index (χ4v) is 4.89. The summed E-state index contributed by atoms with van der Waals surface area (Å²) in [6, 6.07) is 28.9. The largest absolute Gasteiger partial charge is 0.415 e. The lowest BCUT2D eigenvalue weighted by molar-refractivity contribution is 0.167. The van der Waals surface area contributed by atoms with Crippen LogP contribution in [0.2, 0.25) is 0 Å². The highest BCUT2D eigenvalue weighted by Crippen LogP contribution is 2.15. The molecule has 9 heteroatoms. The Balaban J connectivity index is 1.11. The Bertz CT molecular complexity index is 1430. The number of rotatable bonds is 17. The maximum absolute atomic E-state index is 5.56. The first-order valence-electron chi connectivity index (χ1n) is 14.5. The first-order chi connectivity index (χ1) is 20.8. The van der Waals surface area contributed by atoms with Crippen molar-refractivity contribution in [1.82, 2.24) is 40.5 Å². The van der Waals surface area contributed by atoms with Crippen molar-refractivity contribution in [2.45, 2.75) is 32.7 Å². The van der Waals surface area contributed by atoms with Crippen molar-refractivity contribution in [1.29, 1.82) is 0 Å². The molecule has 9 nitrogen and oxygen atoms in total. The van der Waals surface area contributed by atoms with Gasteiger partial charge in [-0.15, -0.1) is 0 Å². The number of pyridine rings is 2. The third kappa shape index (κ3) is 8.67. The van der Waals surface area contributed by atoms with Crippen LogP contribution in [0.4, 0.5) is 0 Å². The number of nitrogens with zero attached hydrogens (tertiary/aromatic N) is 5. The summed E-state index contributed by atoms with van der Waals surface area (Å²) in [6.45, 7) is 7.49. The number of aromatic nitrogens is 4. The van der Waals surface area contributed by atoms with Gasteiger partial charge in [-0.05, 0) is 47.5 Å². The van der Waals surface area contributed by atoms with Gasteiger partial charge in [-0.25, -0.2) is 4.98 Å². The normalized spacial score (nSPS) is 11.4. The average Bonchev–Trinajstić information content (AvgIpc) is 3.40. The zero-order valence-electron chi connectivity index (χ0n) is 24.2. The van der Waals surface area contributed by atoms with Crippen LogP contribution in [-0.4, -0.2) is 57.9 Å². The van der Waals surface area contributed by atoms with Gasteiger partial charge in [0.2, 0.25) is 0 Å². The number of benzene rings is 2. The number of hydrogen-bond donors (Lipinski definition) is 3. The molecule has 0 bridgehead atoms. The second-order valence-corrected chi connectivity index (χ2v) is 10.2. The quantitative estimate of drug-likeness (QED) is 0.148. The molecule has 0 atom stereocenters. The first kappa shape index (κ1) is 29.3. The third-order valence-electron chi connectivity index (χ3n) is 7.08. The van der Waals surface area contributed by atoms with Gasteiger partial charge in [0.15, 0.2) is 5.82 Å². The number of para-hydroxylation sites is 2. The van der Waals surface area contributed by atoms with E-state index in [9.17, 15) is 0 Å². The first-order valence-corrected chi connectivity index (χ1v) is 14.5. The van der Waals surface area contributed by atoms with Crippen molar-refractivity contribution in [3.8, 4) is 0 Å². The summed E-state index contributed by atoms with van der Waals surface area (Å²) in [5.74, 6) is 0.860. The molecule has 42 heavy (non-hydrogen) atoms. The molecule has 3 heterocycles. The molecular formula is C33H40N8O. The van der Waals surface area contributed by atoms with E-state index >= 15 is 0 Å². The minimum absolute atomic E-state index is 0.620. The molecule has 0 fully saturated rings. The van der Waals surface area contributed by atoms with Crippen molar-refractivity contribution in [3.05, 3.63) is 126 Å². The van der Waals surface area contributed by atoms with Crippen LogP contribution in [0.5, 0.6) is 0 Å². The van der Waals surface area contributed by atoms with Crippen LogP contribution in [0.1, 0.15) is 28.3 Å². The van der Waals surface area contributed by atoms with Crippen LogP contribution >= 0.6 is 0 Å². The molecule has 0 radical (unpaired) electrons. The maximum atomic E-state index is 5.56. The Hall–Kier alpha value is -4.15. The molecule has 3 aromatic heterocycles. The van der Waals surface area contributed by atoms with Gasteiger partial charge < -0.3 is 20.8 Å². The standard InChI is InChI=1S/C33H40N8O/c1-42-41-32-11-3-2-10-31(32)39-33(41)25-36-22-27-12-14-28(15-13-27)26-40(20-18-34-23-29-8-4-6-16-37-29)21-19-35-24-30-9-5-7-17-38-30/h2-17,34-36H,18-26H2,1H3.